The molecule has 0 spiro atoms. The second-order valence-corrected chi connectivity index (χ2v) is 10.7. The standard InChI is InChI=1S/C24H32ClN3O5S/c1-32-22-14-21(23(33-2)13-20(22)25)28(34(3,30)31)17-24(29)26-15-18-8-7-9-19(12-18)16-27-10-5-4-6-11-27/h7-9,12-14H,4-6,10-11,15-17H2,1-3H3,(H,26,29). The number of benzene rings is 2. The molecule has 1 aliphatic heterocycles. The highest BCUT2D eigenvalue weighted by atomic mass is 35.5. The predicted molar refractivity (Wildman–Crippen MR) is 134 cm³/mol. The van der Waals surface area contributed by atoms with Gasteiger partial charge in [0.1, 0.15) is 18.0 Å². The highest BCUT2D eigenvalue weighted by molar-refractivity contribution is 7.92. The molecule has 2 aromatic rings. The quantitative estimate of drug-likeness (QED) is 0.528. The average molecular weight is 510 g/mol. The van der Waals surface area contributed by atoms with Crippen LogP contribution in [-0.2, 0) is 27.9 Å². The number of halogens is 1. The van der Waals surface area contributed by atoms with Gasteiger partial charge in [0.25, 0.3) is 0 Å². The summed E-state index contributed by atoms with van der Waals surface area (Å²) in [6.07, 6.45) is 4.79. The Morgan fingerprint density at radius 2 is 1.74 bits per heavy atom. The molecular formula is C24H32ClN3O5S. The van der Waals surface area contributed by atoms with Gasteiger partial charge in [0.2, 0.25) is 15.9 Å². The van der Waals surface area contributed by atoms with Gasteiger partial charge in [-0.15, -0.1) is 0 Å². The molecular weight excluding hydrogens is 478 g/mol. The number of amides is 1. The minimum Gasteiger partial charge on any atom is -0.495 e. The number of nitrogens with zero attached hydrogens (tertiary/aromatic N) is 2. The summed E-state index contributed by atoms with van der Waals surface area (Å²) in [5.74, 6) is 0.0503. The SMILES string of the molecule is COc1cc(N(CC(=O)NCc2cccc(CN3CCCCC3)c2)S(C)(=O)=O)c(OC)cc1Cl. The Balaban J connectivity index is 1.69. The Hall–Kier alpha value is -2.49. The lowest BCUT2D eigenvalue weighted by atomic mass is 10.1. The van der Waals surface area contributed by atoms with Gasteiger partial charge < -0.3 is 14.8 Å². The molecule has 0 bridgehead atoms. The number of carbonyl (C=O) groups is 1. The minimum absolute atomic E-state index is 0.171. The van der Waals surface area contributed by atoms with Gasteiger partial charge in [-0.25, -0.2) is 8.42 Å². The summed E-state index contributed by atoms with van der Waals surface area (Å²) in [5.41, 5.74) is 2.33. The van der Waals surface area contributed by atoms with E-state index < -0.39 is 22.5 Å². The van der Waals surface area contributed by atoms with E-state index in [0.29, 0.717) is 6.54 Å². The minimum atomic E-state index is -3.80. The molecule has 1 heterocycles. The van der Waals surface area contributed by atoms with Crippen LogP contribution in [0, 0.1) is 0 Å². The number of likely N-dealkylation sites (tertiary alicyclic amines) is 1. The Kier molecular flexibility index (Phi) is 9.04. The number of anilines is 1. The molecule has 1 aliphatic rings. The zero-order chi connectivity index (χ0) is 24.7. The number of rotatable bonds is 10. The third kappa shape index (κ3) is 7.01. The van der Waals surface area contributed by atoms with E-state index in [4.69, 9.17) is 21.1 Å². The molecule has 10 heteroatoms. The summed E-state index contributed by atoms with van der Waals surface area (Å²) in [7, 11) is -0.974. The van der Waals surface area contributed by atoms with Crippen molar-refractivity contribution in [3.05, 3.63) is 52.5 Å². The summed E-state index contributed by atoms with van der Waals surface area (Å²) < 4.78 is 36.6. The number of carbonyl (C=O) groups excluding carboxylic acids is 1. The van der Waals surface area contributed by atoms with Gasteiger partial charge in [0, 0.05) is 25.2 Å². The molecule has 186 valence electrons. The molecule has 0 atom stereocenters. The van der Waals surface area contributed by atoms with Crippen molar-refractivity contribution in [1.29, 1.82) is 0 Å². The molecule has 0 aromatic heterocycles. The van der Waals surface area contributed by atoms with Gasteiger partial charge >= 0.3 is 0 Å². The number of hydrogen-bond acceptors (Lipinski definition) is 6. The van der Waals surface area contributed by atoms with Gasteiger partial charge in [0.05, 0.1) is 31.2 Å². The third-order valence-electron chi connectivity index (χ3n) is 5.75. The zero-order valence-corrected chi connectivity index (χ0v) is 21.4. The fourth-order valence-electron chi connectivity index (χ4n) is 4.02. The van der Waals surface area contributed by atoms with Crippen LogP contribution in [-0.4, -0.2) is 59.3 Å². The number of piperidine rings is 1. The molecule has 3 rings (SSSR count). The van der Waals surface area contributed by atoms with Gasteiger partial charge in [-0.2, -0.15) is 0 Å². The van der Waals surface area contributed by atoms with Gasteiger partial charge in [-0.05, 0) is 37.1 Å². The summed E-state index contributed by atoms with van der Waals surface area (Å²) in [6.45, 7) is 3.00. The number of methoxy groups -OCH3 is 2. The monoisotopic (exact) mass is 509 g/mol. The lowest BCUT2D eigenvalue weighted by Crippen LogP contribution is -2.40. The second kappa shape index (κ2) is 11.8. The maximum atomic E-state index is 12.7. The molecule has 8 nitrogen and oxygen atoms in total. The molecule has 1 fully saturated rings. The lowest BCUT2D eigenvalue weighted by Gasteiger charge is -2.26. The van der Waals surface area contributed by atoms with Crippen molar-refractivity contribution >= 4 is 33.2 Å². The number of nitrogens with one attached hydrogen (secondary N) is 1. The van der Waals surface area contributed by atoms with Crippen molar-refractivity contribution in [2.24, 2.45) is 0 Å². The smallest absolute Gasteiger partial charge is 0.241 e. The number of hydrogen-bond donors (Lipinski definition) is 1. The Labute approximate surface area is 206 Å². The maximum absolute atomic E-state index is 12.7. The average Bonchev–Trinajstić information content (AvgIpc) is 2.81. The van der Waals surface area contributed by atoms with Crippen LogP contribution >= 0.6 is 11.6 Å². The van der Waals surface area contributed by atoms with Crippen LogP contribution in [0.4, 0.5) is 5.69 Å². The van der Waals surface area contributed by atoms with Crippen molar-refractivity contribution in [2.75, 3.05) is 44.4 Å². The predicted octanol–water partition coefficient (Wildman–Crippen LogP) is 3.43. The Morgan fingerprint density at radius 3 is 2.38 bits per heavy atom. The Bertz CT molecular complexity index is 1100. The van der Waals surface area contributed by atoms with E-state index in [0.717, 1.165) is 35.8 Å². The summed E-state index contributed by atoms with van der Waals surface area (Å²) >= 11 is 6.14. The van der Waals surface area contributed by atoms with Crippen molar-refractivity contribution in [2.45, 2.75) is 32.4 Å². The maximum Gasteiger partial charge on any atom is 0.241 e. The van der Waals surface area contributed by atoms with Gasteiger partial charge in [-0.3, -0.25) is 14.0 Å². The first kappa shape index (κ1) is 26.1. The van der Waals surface area contributed by atoms with E-state index in [1.807, 2.05) is 12.1 Å². The first-order valence-electron chi connectivity index (χ1n) is 11.2. The summed E-state index contributed by atoms with van der Waals surface area (Å²) in [4.78, 5) is 15.2. The van der Waals surface area contributed by atoms with E-state index in [-0.39, 0.29) is 22.2 Å². The van der Waals surface area contributed by atoms with Crippen LogP contribution in [0.25, 0.3) is 0 Å². The number of sulfonamides is 1. The van der Waals surface area contributed by atoms with Crippen molar-refractivity contribution in [1.82, 2.24) is 10.2 Å². The third-order valence-corrected chi connectivity index (χ3v) is 7.17. The second-order valence-electron chi connectivity index (χ2n) is 8.36. The number of ether oxygens (including phenoxy) is 2. The topological polar surface area (TPSA) is 88.2 Å². The van der Waals surface area contributed by atoms with Crippen LogP contribution in [0.15, 0.2) is 36.4 Å². The van der Waals surface area contributed by atoms with E-state index in [1.54, 1.807) is 0 Å². The highest BCUT2D eigenvalue weighted by Gasteiger charge is 2.25. The molecule has 1 saturated heterocycles. The van der Waals surface area contributed by atoms with E-state index in [2.05, 4.69) is 22.3 Å². The molecule has 34 heavy (non-hydrogen) atoms. The molecule has 2 aromatic carbocycles. The van der Waals surface area contributed by atoms with E-state index in [9.17, 15) is 13.2 Å². The summed E-state index contributed by atoms with van der Waals surface area (Å²) in [5, 5.41) is 3.09. The first-order chi connectivity index (χ1) is 16.2. The van der Waals surface area contributed by atoms with Crippen molar-refractivity contribution in [3.8, 4) is 11.5 Å². The molecule has 0 unspecified atom stereocenters. The van der Waals surface area contributed by atoms with E-state index >= 15 is 0 Å². The largest absolute Gasteiger partial charge is 0.495 e. The normalized spacial score (nSPS) is 14.5. The first-order valence-corrected chi connectivity index (χ1v) is 13.4. The molecule has 0 radical (unpaired) electrons. The fourth-order valence-corrected chi connectivity index (χ4v) is 5.10. The van der Waals surface area contributed by atoms with Gasteiger partial charge in [0.15, 0.2) is 0 Å². The van der Waals surface area contributed by atoms with Gasteiger partial charge in [-0.1, -0.05) is 42.3 Å². The molecule has 1 N–H and O–H groups in total. The van der Waals surface area contributed by atoms with Crippen molar-refractivity contribution in [3.63, 3.8) is 0 Å². The molecule has 0 aliphatic carbocycles. The lowest BCUT2D eigenvalue weighted by molar-refractivity contribution is -0.119. The zero-order valence-electron chi connectivity index (χ0n) is 19.8. The molecule has 1 amide bonds. The summed E-state index contributed by atoms with van der Waals surface area (Å²) in [6, 6.07) is 11.0. The van der Waals surface area contributed by atoms with Crippen molar-refractivity contribution < 1.29 is 22.7 Å². The fraction of sp³-hybridized carbons (Fsp3) is 0.458. The van der Waals surface area contributed by atoms with Crippen LogP contribution < -0.4 is 19.1 Å². The van der Waals surface area contributed by atoms with Crippen LogP contribution in [0.3, 0.4) is 0 Å². The van der Waals surface area contributed by atoms with Crippen LogP contribution in [0.1, 0.15) is 30.4 Å². The van der Waals surface area contributed by atoms with E-state index in [1.165, 1.54) is 51.2 Å². The molecule has 0 saturated carbocycles. The van der Waals surface area contributed by atoms with Crippen LogP contribution in [0.5, 0.6) is 11.5 Å². The highest BCUT2D eigenvalue weighted by Crippen LogP contribution is 2.38. The van der Waals surface area contributed by atoms with Crippen LogP contribution in [0.2, 0.25) is 5.02 Å². The Morgan fingerprint density at radius 1 is 1.06 bits per heavy atom.